The van der Waals surface area contributed by atoms with Gasteiger partial charge in [0, 0.05) is 13.2 Å². The molecule has 0 spiro atoms. The standard InChI is InChI=1S/C17H26N2O4S/c1-13(2)15-8-4-5-9-16(15)19(24(3,21)22)12-17(20)18-11-14-7-6-10-23-14/h4-5,8-9,13-14H,6-7,10-12H2,1-3H3,(H,18,20). The molecule has 1 aliphatic heterocycles. The van der Waals surface area contributed by atoms with Crippen LogP contribution in [0.4, 0.5) is 5.69 Å². The van der Waals surface area contributed by atoms with E-state index < -0.39 is 10.0 Å². The summed E-state index contributed by atoms with van der Waals surface area (Å²) in [5, 5.41) is 2.78. The molecule has 1 fully saturated rings. The molecule has 1 aromatic rings. The first kappa shape index (κ1) is 18.7. The van der Waals surface area contributed by atoms with Gasteiger partial charge in [-0.25, -0.2) is 8.42 Å². The van der Waals surface area contributed by atoms with Gasteiger partial charge < -0.3 is 10.1 Å². The van der Waals surface area contributed by atoms with Crippen LogP contribution in [0.1, 0.15) is 38.2 Å². The summed E-state index contributed by atoms with van der Waals surface area (Å²) in [6.45, 7) is 4.91. The van der Waals surface area contributed by atoms with E-state index >= 15 is 0 Å². The van der Waals surface area contributed by atoms with E-state index in [0.717, 1.165) is 31.3 Å². The van der Waals surface area contributed by atoms with Crippen LogP contribution in [0.2, 0.25) is 0 Å². The highest BCUT2D eigenvalue weighted by Crippen LogP contribution is 2.28. The van der Waals surface area contributed by atoms with Crippen LogP contribution >= 0.6 is 0 Å². The highest BCUT2D eigenvalue weighted by Gasteiger charge is 2.24. The molecule has 1 aromatic carbocycles. The molecule has 1 heterocycles. The zero-order valence-electron chi connectivity index (χ0n) is 14.5. The van der Waals surface area contributed by atoms with E-state index in [4.69, 9.17) is 4.74 Å². The molecular weight excluding hydrogens is 328 g/mol. The van der Waals surface area contributed by atoms with Gasteiger partial charge in [0.25, 0.3) is 0 Å². The molecule has 7 heteroatoms. The lowest BCUT2D eigenvalue weighted by atomic mass is 10.0. The molecule has 0 aromatic heterocycles. The van der Waals surface area contributed by atoms with Crippen LogP contribution in [-0.4, -0.2) is 46.4 Å². The van der Waals surface area contributed by atoms with E-state index in [9.17, 15) is 13.2 Å². The smallest absolute Gasteiger partial charge is 0.240 e. The molecule has 1 amide bonds. The van der Waals surface area contributed by atoms with Gasteiger partial charge in [0.05, 0.1) is 18.0 Å². The van der Waals surface area contributed by atoms with Crippen molar-refractivity contribution >= 4 is 21.6 Å². The van der Waals surface area contributed by atoms with Gasteiger partial charge in [0.15, 0.2) is 0 Å². The molecular formula is C17H26N2O4S. The first-order valence-electron chi connectivity index (χ1n) is 8.24. The SMILES string of the molecule is CC(C)c1ccccc1N(CC(=O)NCC1CCCO1)S(C)(=O)=O. The Morgan fingerprint density at radius 2 is 2.08 bits per heavy atom. The van der Waals surface area contributed by atoms with Gasteiger partial charge in [0.1, 0.15) is 6.54 Å². The predicted octanol–water partition coefficient (Wildman–Crippen LogP) is 1.87. The van der Waals surface area contributed by atoms with Crippen LogP contribution in [0.3, 0.4) is 0 Å². The van der Waals surface area contributed by atoms with E-state index in [1.54, 1.807) is 12.1 Å². The largest absolute Gasteiger partial charge is 0.376 e. The summed E-state index contributed by atoms with van der Waals surface area (Å²) in [7, 11) is -3.57. The van der Waals surface area contributed by atoms with Crippen molar-refractivity contribution in [2.45, 2.75) is 38.7 Å². The van der Waals surface area contributed by atoms with Crippen molar-refractivity contribution in [2.24, 2.45) is 0 Å². The molecule has 2 rings (SSSR count). The quantitative estimate of drug-likeness (QED) is 0.811. The van der Waals surface area contributed by atoms with Crippen LogP contribution in [0, 0.1) is 0 Å². The second-order valence-electron chi connectivity index (χ2n) is 6.42. The third kappa shape index (κ3) is 4.95. The van der Waals surface area contributed by atoms with Gasteiger partial charge in [-0.1, -0.05) is 32.0 Å². The van der Waals surface area contributed by atoms with Crippen LogP contribution in [0.5, 0.6) is 0 Å². The normalized spacial score (nSPS) is 17.9. The molecule has 0 bridgehead atoms. The first-order valence-corrected chi connectivity index (χ1v) is 10.1. The van der Waals surface area contributed by atoms with Crippen molar-refractivity contribution in [2.75, 3.05) is 30.3 Å². The number of hydrogen-bond acceptors (Lipinski definition) is 4. The third-order valence-corrected chi connectivity index (χ3v) is 5.19. The number of amides is 1. The zero-order valence-corrected chi connectivity index (χ0v) is 15.3. The van der Waals surface area contributed by atoms with E-state index in [2.05, 4.69) is 5.32 Å². The molecule has 1 atom stereocenters. The molecule has 0 saturated carbocycles. The summed E-state index contributed by atoms with van der Waals surface area (Å²) in [4.78, 5) is 12.2. The number of nitrogens with zero attached hydrogens (tertiary/aromatic N) is 1. The minimum atomic E-state index is -3.57. The average Bonchev–Trinajstić information content (AvgIpc) is 3.03. The number of nitrogens with one attached hydrogen (secondary N) is 1. The number of benzene rings is 1. The summed E-state index contributed by atoms with van der Waals surface area (Å²) in [5.41, 5.74) is 1.46. The van der Waals surface area contributed by atoms with Crippen LogP contribution < -0.4 is 9.62 Å². The number of carbonyl (C=O) groups is 1. The fraction of sp³-hybridized carbons (Fsp3) is 0.588. The van der Waals surface area contributed by atoms with Crippen molar-refractivity contribution in [3.05, 3.63) is 29.8 Å². The monoisotopic (exact) mass is 354 g/mol. The Labute approximate surface area is 144 Å². The maximum atomic E-state index is 12.2. The number of para-hydroxylation sites is 1. The second kappa shape index (κ2) is 7.98. The Balaban J connectivity index is 2.13. The lowest BCUT2D eigenvalue weighted by molar-refractivity contribution is -0.120. The summed E-state index contributed by atoms with van der Waals surface area (Å²) in [6.07, 6.45) is 3.07. The lowest BCUT2D eigenvalue weighted by Crippen LogP contribution is -2.42. The highest BCUT2D eigenvalue weighted by molar-refractivity contribution is 7.92. The van der Waals surface area contributed by atoms with Gasteiger partial charge in [-0.3, -0.25) is 9.10 Å². The van der Waals surface area contributed by atoms with Gasteiger partial charge in [-0.05, 0) is 30.4 Å². The number of anilines is 1. The Hall–Kier alpha value is -1.60. The molecule has 134 valence electrons. The van der Waals surface area contributed by atoms with Crippen molar-refractivity contribution in [1.82, 2.24) is 5.32 Å². The Kier molecular flexibility index (Phi) is 6.23. The van der Waals surface area contributed by atoms with Gasteiger partial charge in [-0.2, -0.15) is 0 Å². The molecule has 6 nitrogen and oxygen atoms in total. The topological polar surface area (TPSA) is 75.7 Å². The molecule has 1 aliphatic rings. The number of sulfonamides is 1. The summed E-state index contributed by atoms with van der Waals surface area (Å²) in [6, 6.07) is 7.28. The van der Waals surface area contributed by atoms with Crippen LogP contribution in [0.15, 0.2) is 24.3 Å². The van der Waals surface area contributed by atoms with Crippen molar-refractivity contribution in [3.63, 3.8) is 0 Å². The van der Waals surface area contributed by atoms with Crippen LogP contribution in [-0.2, 0) is 19.6 Å². The average molecular weight is 354 g/mol. The van der Waals surface area contributed by atoms with Gasteiger partial charge in [0.2, 0.25) is 15.9 Å². The Morgan fingerprint density at radius 1 is 1.38 bits per heavy atom. The molecule has 0 radical (unpaired) electrons. The minimum absolute atomic E-state index is 0.0311. The number of ether oxygens (including phenoxy) is 1. The third-order valence-electron chi connectivity index (χ3n) is 4.07. The molecule has 1 saturated heterocycles. The van der Waals surface area contributed by atoms with E-state index in [1.807, 2.05) is 26.0 Å². The molecule has 24 heavy (non-hydrogen) atoms. The summed E-state index contributed by atoms with van der Waals surface area (Å²) >= 11 is 0. The van der Waals surface area contributed by atoms with E-state index in [1.165, 1.54) is 4.31 Å². The fourth-order valence-corrected chi connectivity index (χ4v) is 3.68. The highest BCUT2D eigenvalue weighted by atomic mass is 32.2. The molecule has 1 N–H and O–H groups in total. The lowest BCUT2D eigenvalue weighted by Gasteiger charge is -2.26. The Bertz CT molecular complexity index is 667. The van der Waals surface area contributed by atoms with Crippen molar-refractivity contribution < 1.29 is 17.9 Å². The van der Waals surface area contributed by atoms with Gasteiger partial charge in [-0.15, -0.1) is 0 Å². The summed E-state index contributed by atoms with van der Waals surface area (Å²) < 4.78 is 31.1. The van der Waals surface area contributed by atoms with E-state index in [-0.39, 0.29) is 24.5 Å². The Morgan fingerprint density at radius 3 is 2.67 bits per heavy atom. The number of hydrogen-bond donors (Lipinski definition) is 1. The maximum Gasteiger partial charge on any atom is 0.240 e. The molecule has 0 aliphatic carbocycles. The fourth-order valence-electron chi connectivity index (χ4n) is 2.80. The van der Waals surface area contributed by atoms with Crippen LogP contribution in [0.25, 0.3) is 0 Å². The van der Waals surface area contributed by atoms with Crippen molar-refractivity contribution in [3.8, 4) is 0 Å². The second-order valence-corrected chi connectivity index (χ2v) is 8.33. The predicted molar refractivity (Wildman–Crippen MR) is 94.7 cm³/mol. The molecule has 1 unspecified atom stereocenters. The minimum Gasteiger partial charge on any atom is -0.376 e. The summed E-state index contributed by atoms with van der Waals surface area (Å²) in [5.74, 6) is -0.171. The van der Waals surface area contributed by atoms with Gasteiger partial charge >= 0.3 is 0 Å². The zero-order chi connectivity index (χ0) is 17.7. The number of rotatable bonds is 7. The maximum absolute atomic E-state index is 12.2. The first-order chi connectivity index (χ1) is 11.3. The van der Waals surface area contributed by atoms with E-state index in [0.29, 0.717) is 12.2 Å². The van der Waals surface area contributed by atoms with Crippen molar-refractivity contribution in [1.29, 1.82) is 0 Å². The number of carbonyl (C=O) groups excluding carboxylic acids is 1.